The van der Waals surface area contributed by atoms with Crippen LogP contribution in [0, 0.1) is 5.92 Å². The van der Waals surface area contributed by atoms with E-state index in [0.29, 0.717) is 26.1 Å². The maximum absolute atomic E-state index is 11.8. The molecule has 0 saturated carbocycles. The fourth-order valence-electron chi connectivity index (χ4n) is 2.59. The third-order valence-electron chi connectivity index (χ3n) is 3.77. The second-order valence-electron chi connectivity index (χ2n) is 5.63. The number of carbonyl (C=O) groups excluding carboxylic acids is 2. The van der Waals surface area contributed by atoms with Crippen LogP contribution in [0.15, 0.2) is 30.3 Å². The van der Waals surface area contributed by atoms with Crippen molar-refractivity contribution in [2.24, 2.45) is 5.92 Å². The Morgan fingerprint density at radius 3 is 2.65 bits per heavy atom. The van der Waals surface area contributed by atoms with E-state index < -0.39 is 23.8 Å². The van der Waals surface area contributed by atoms with Crippen molar-refractivity contribution in [2.45, 2.75) is 19.4 Å². The van der Waals surface area contributed by atoms with Crippen molar-refractivity contribution in [3.8, 4) is 0 Å². The molecule has 7 heteroatoms. The molecule has 2 rings (SSSR count). The summed E-state index contributed by atoms with van der Waals surface area (Å²) in [5.74, 6) is -1.71. The molecule has 7 nitrogen and oxygen atoms in total. The quantitative estimate of drug-likeness (QED) is 0.746. The number of nitrogens with one attached hydrogen (secondary N) is 2. The van der Waals surface area contributed by atoms with E-state index in [9.17, 15) is 14.4 Å². The predicted molar refractivity (Wildman–Crippen MR) is 83.6 cm³/mol. The minimum absolute atomic E-state index is 0.0303. The Bertz CT molecular complexity index is 562. The Hall–Kier alpha value is -2.41. The molecule has 1 aromatic carbocycles. The molecular weight excluding hydrogens is 298 g/mol. The van der Waals surface area contributed by atoms with Gasteiger partial charge >= 0.3 is 12.0 Å². The van der Waals surface area contributed by atoms with Crippen LogP contribution in [-0.2, 0) is 16.1 Å². The number of rotatable bonds is 5. The lowest BCUT2D eigenvalue weighted by Crippen LogP contribution is -2.47. The van der Waals surface area contributed by atoms with Gasteiger partial charge in [-0.3, -0.25) is 19.8 Å². The van der Waals surface area contributed by atoms with Gasteiger partial charge < -0.3 is 10.4 Å². The van der Waals surface area contributed by atoms with E-state index in [1.54, 1.807) is 4.90 Å². The van der Waals surface area contributed by atoms with Crippen LogP contribution in [0.1, 0.15) is 18.4 Å². The molecule has 124 valence electrons. The molecule has 1 atom stereocenters. The number of benzene rings is 1. The van der Waals surface area contributed by atoms with E-state index in [1.807, 2.05) is 30.3 Å². The molecule has 1 aromatic rings. The van der Waals surface area contributed by atoms with E-state index in [0.717, 1.165) is 12.0 Å². The number of imide groups is 1. The summed E-state index contributed by atoms with van der Waals surface area (Å²) in [6, 6.07) is 8.83. The molecule has 1 unspecified atom stereocenters. The van der Waals surface area contributed by atoms with Crippen LogP contribution in [-0.4, -0.2) is 47.5 Å². The average Bonchev–Trinajstić information content (AvgIpc) is 2.54. The molecule has 1 aliphatic rings. The highest BCUT2D eigenvalue weighted by Crippen LogP contribution is 2.15. The van der Waals surface area contributed by atoms with Gasteiger partial charge in [0, 0.05) is 13.1 Å². The maximum Gasteiger partial charge on any atom is 0.321 e. The van der Waals surface area contributed by atoms with Crippen molar-refractivity contribution < 1.29 is 19.5 Å². The number of amides is 3. The molecule has 1 saturated heterocycles. The topological polar surface area (TPSA) is 98.7 Å². The second-order valence-corrected chi connectivity index (χ2v) is 5.63. The summed E-state index contributed by atoms with van der Waals surface area (Å²) >= 11 is 0. The Kier molecular flexibility index (Phi) is 6.10. The molecule has 1 fully saturated rings. The molecule has 1 aliphatic heterocycles. The molecule has 3 N–H and O–H groups in total. The monoisotopic (exact) mass is 319 g/mol. The summed E-state index contributed by atoms with van der Waals surface area (Å²) < 4.78 is 0. The smallest absolute Gasteiger partial charge is 0.321 e. The van der Waals surface area contributed by atoms with Crippen molar-refractivity contribution >= 4 is 17.9 Å². The minimum atomic E-state index is -0.837. The molecule has 0 aliphatic carbocycles. The molecule has 0 aromatic heterocycles. The number of likely N-dealkylation sites (tertiary alicyclic amines) is 1. The number of nitrogens with zero attached hydrogens (tertiary/aromatic N) is 1. The number of urea groups is 1. The minimum Gasteiger partial charge on any atom is -0.481 e. The number of aliphatic carboxylic acids is 1. The summed E-state index contributed by atoms with van der Waals surface area (Å²) in [6.45, 7) is 1.38. The summed E-state index contributed by atoms with van der Waals surface area (Å²) in [7, 11) is 0. The normalized spacial score (nSPS) is 18.2. The van der Waals surface area contributed by atoms with Crippen molar-refractivity contribution in [2.75, 3.05) is 19.6 Å². The highest BCUT2D eigenvalue weighted by atomic mass is 16.4. The van der Waals surface area contributed by atoms with Crippen LogP contribution in [0.3, 0.4) is 0 Å². The maximum atomic E-state index is 11.8. The summed E-state index contributed by atoms with van der Waals surface area (Å²) in [4.78, 5) is 36.3. The number of hydrogen-bond acceptors (Lipinski definition) is 4. The molecular formula is C16H21N3O4. The fourth-order valence-corrected chi connectivity index (χ4v) is 2.59. The van der Waals surface area contributed by atoms with E-state index in [1.165, 1.54) is 0 Å². The van der Waals surface area contributed by atoms with Gasteiger partial charge in [0.2, 0.25) is 5.91 Å². The Balaban J connectivity index is 1.71. The van der Waals surface area contributed by atoms with Crippen LogP contribution in [0.5, 0.6) is 0 Å². The molecule has 23 heavy (non-hydrogen) atoms. The number of piperidine rings is 1. The highest BCUT2D eigenvalue weighted by molar-refractivity contribution is 5.95. The van der Waals surface area contributed by atoms with Gasteiger partial charge in [-0.15, -0.1) is 0 Å². The van der Waals surface area contributed by atoms with Crippen LogP contribution in [0.2, 0.25) is 0 Å². The largest absolute Gasteiger partial charge is 0.481 e. The second kappa shape index (κ2) is 8.28. The van der Waals surface area contributed by atoms with E-state index in [-0.39, 0.29) is 6.54 Å². The SMILES string of the molecule is O=C(CN1CCCC(C(=O)O)C1)NC(=O)NCc1ccccc1. The predicted octanol–water partition coefficient (Wildman–Crippen LogP) is 0.809. The standard InChI is InChI=1S/C16H21N3O4/c20-14(11-19-8-4-7-13(10-19)15(21)22)18-16(23)17-9-12-5-2-1-3-6-12/h1-3,5-6,13H,4,7-11H2,(H,21,22)(H2,17,18,20,23). The van der Waals surface area contributed by atoms with Crippen molar-refractivity contribution in [3.63, 3.8) is 0 Å². The van der Waals surface area contributed by atoms with Gasteiger partial charge in [-0.25, -0.2) is 4.79 Å². The van der Waals surface area contributed by atoms with Crippen molar-refractivity contribution in [3.05, 3.63) is 35.9 Å². The molecule has 1 heterocycles. The number of carbonyl (C=O) groups is 3. The molecule has 3 amide bonds. The van der Waals surface area contributed by atoms with Crippen LogP contribution in [0.25, 0.3) is 0 Å². The summed E-state index contributed by atoms with van der Waals surface area (Å²) in [6.07, 6.45) is 1.37. The van der Waals surface area contributed by atoms with Gasteiger partial charge in [-0.05, 0) is 24.9 Å². The van der Waals surface area contributed by atoms with Crippen LogP contribution < -0.4 is 10.6 Å². The zero-order valence-corrected chi connectivity index (χ0v) is 12.8. The average molecular weight is 319 g/mol. The lowest BCUT2D eigenvalue weighted by molar-refractivity contribution is -0.144. The van der Waals surface area contributed by atoms with Crippen molar-refractivity contribution in [1.29, 1.82) is 0 Å². The zero-order chi connectivity index (χ0) is 16.7. The first-order valence-electron chi connectivity index (χ1n) is 7.61. The first-order chi connectivity index (χ1) is 11.0. The third kappa shape index (κ3) is 5.71. The summed E-state index contributed by atoms with van der Waals surface area (Å²) in [5.41, 5.74) is 0.940. The number of hydrogen-bond donors (Lipinski definition) is 3. The van der Waals surface area contributed by atoms with Gasteiger partial charge in [0.15, 0.2) is 0 Å². The summed E-state index contributed by atoms with van der Waals surface area (Å²) in [5, 5.41) is 13.9. The van der Waals surface area contributed by atoms with E-state index in [2.05, 4.69) is 10.6 Å². The number of carboxylic acid groups (broad SMARTS) is 1. The lowest BCUT2D eigenvalue weighted by atomic mass is 9.98. The van der Waals surface area contributed by atoms with Gasteiger partial charge in [-0.2, -0.15) is 0 Å². The molecule has 0 spiro atoms. The molecule has 0 radical (unpaired) electrons. The zero-order valence-electron chi connectivity index (χ0n) is 12.8. The van der Waals surface area contributed by atoms with Gasteiger partial charge in [-0.1, -0.05) is 30.3 Å². The van der Waals surface area contributed by atoms with E-state index >= 15 is 0 Å². The van der Waals surface area contributed by atoms with Crippen molar-refractivity contribution in [1.82, 2.24) is 15.5 Å². The van der Waals surface area contributed by atoms with Crippen LogP contribution >= 0.6 is 0 Å². The number of carboxylic acids is 1. The first-order valence-corrected chi connectivity index (χ1v) is 7.61. The fraction of sp³-hybridized carbons (Fsp3) is 0.438. The first kappa shape index (κ1) is 17.0. The molecule has 0 bridgehead atoms. The third-order valence-corrected chi connectivity index (χ3v) is 3.77. The van der Waals surface area contributed by atoms with Gasteiger partial charge in [0.25, 0.3) is 0 Å². The highest BCUT2D eigenvalue weighted by Gasteiger charge is 2.26. The van der Waals surface area contributed by atoms with Crippen LogP contribution in [0.4, 0.5) is 4.79 Å². The van der Waals surface area contributed by atoms with Gasteiger partial charge in [0.05, 0.1) is 12.5 Å². The Labute approximate surface area is 134 Å². The Morgan fingerprint density at radius 1 is 1.22 bits per heavy atom. The van der Waals surface area contributed by atoms with Gasteiger partial charge in [0.1, 0.15) is 0 Å². The van der Waals surface area contributed by atoms with E-state index in [4.69, 9.17) is 5.11 Å². The lowest BCUT2D eigenvalue weighted by Gasteiger charge is -2.29. The Morgan fingerprint density at radius 2 is 1.96 bits per heavy atom.